The van der Waals surface area contributed by atoms with Crippen molar-refractivity contribution in [2.75, 3.05) is 48.3 Å². The van der Waals surface area contributed by atoms with Gasteiger partial charge in [0.05, 0.1) is 12.2 Å². The second kappa shape index (κ2) is 10.5. The van der Waals surface area contributed by atoms with Gasteiger partial charge in [-0.25, -0.2) is 4.98 Å². The Bertz CT molecular complexity index is 1020. The van der Waals surface area contributed by atoms with E-state index in [-0.39, 0.29) is 6.54 Å². The lowest BCUT2D eigenvalue weighted by Crippen LogP contribution is -2.34. The summed E-state index contributed by atoms with van der Waals surface area (Å²) in [7, 11) is 0. The molecule has 32 heavy (non-hydrogen) atoms. The number of hydrogen-bond donors (Lipinski definition) is 3. The molecule has 0 saturated carbocycles. The number of nitrogens with one attached hydrogen (secondary N) is 2. The maximum absolute atomic E-state index is 11.7. The maximum atomic E-state index is 11.7. The number of carboxylic acids is 1. The number of carboxylic acid groups (broad SMARTS) is 1. The van der Waals surface area contributed by atoms with E-state index in [1.807, 2.05) is 36.4 Å². The van der Waals surface area contributed by atoms with Crippen molar-refractivity contribution in [2.24, 2.45) is 0 Å². The maximum Gasteiger partial charge on any atom is 0.312 e. The lowest BCUT2D eigenvalue weighted by molar-refractivity contribution is -0.138. The third-order valence-corrected chi connectivity index (χ3v) is 5.39. The summed E-state index contributed by atoms with van der Waals surface area (Å²) in [5.74, 6) is 0.137. The number of ether oxygens (including phenoxy) is 1. The van der Waals surface area contributed by atoms with Gasteiger partial charge in [-0.3, -0.25) is 9.78 Å². The van der Waals surface area contributed by atoms with Gasteiger partial charge >= 0.3 is 5.97 Å². The fraction of sp³-hybridized carbons (Fsp3) is 0.292. The first kappa shape index (κ1) is 21.4. The van der Waals surface area contributed by atoms with Gasteiger partial charge in [0, 0.05) is 50.0 Å². The molecule has 0 saturated heterocycles. The first-order valence-corrected chi connectivity index (χ1v) is 10.7. The number of nitrogens with zero attached hydrogens (tertiary/aromatic N) is 3. The second-order valence-electron chi connectivity index (χ2n) is 7.57. The molecule has 8 nitrogen and oxygen atoms in total. The molecule has 3 heterocycles. The van der Waals surface area contributed by atoms with Crippen LogP contribution in [0.2, 0.25) is 0 Å². The van der Waals surface area contributed by atoms with Crippen molar-refractivity contribution in [2.45, 2.75) is 12.3 Å². The highest BCUT2D eigenvalue weighted by Crippen LogP contribution is 2.34. The van der Waals surface area contributed by atoms with Gasteiger partial charge in [0.25, 0.3) is 0 Å². The fourth-order valence-corrected chi connectivity index (χ4v) is 3.72. The Morgan fingerprint density at radius 1 is 1.16 bits per heavy atom. The monoisotopic (exact) mass is 433 g/mol. The molecular weight excluding hydrogens is 406 g/mol. The SMILES string of the molecule is O=C(O)C(CNc1ccc2c(c1)OCCN2CCCNc1ccccn1)c1cccnc1. The van der Waals surface area contributed by atoms with E-state index in [1.54, 1.807) is 30.7 Å². The van der Waals surface area contributed by atoms with E-state index in [2.05, 4.69) is 25.5 Å². The Morgan fingerprint density at radius 2 is 2.09 bits per heavy atom. The van der Waals surface area contributed by atoms with Crippen LogP contribution in [0, 0.1) is 0 Å². The van der Waals surface area contributed by atoms with E-state index in [0.29, 0.717) is 12.2 Å². The predicted octanol–water partition coefficient (Wildman–Crippen LogP) is 3.46. The average molecular weight is 434 g/mol. The minimum absolute atomic E-state index is 0.267. The summed E-state index contributed by atoms with van der Waals surface area (Å²) in [6.07, 6.45) is 5.98. The van der Waals surface area contributed by atoms with Crippen LogP contribution >= 0.6 is 0 Å². The number of benzene rings is 1. The number of anilines is 3. The Balaban J connectivity index is 1.33. The molecule has 1 aromatic carbocycles. The summed E-state index contributed by atoms with van der Waals surface area (Å²) in [6.45, 7) is 3.48. The van der Waals surface area contributed by atoms with Crippen molar-refractivity contribution < 1.29 is 14.6 Å². The van der Waals surface area contributed by atoms with E-state index < -0.39 is 11.9 Å². The van der Waals surface area contributed by atoms with Gasteiger partial charge < -0.3 is 25.4 Å². The molecule has 1 aliphatic heterocycles. The standard InChI is InChI=1S/C24H27N5O3/c30-24(31)20(18-5-3-9-25-16-18)17-28-19-7-8-21-22(15-19)32-14-13-29(21)12-4-11-27-23-6-1-2-10-26-23/h1-3,5-10,15-16,20,28H,4,11-14,17H2,(H,26,27)(H,30,31). The van der Waals surface area contributed by atoms with Crippen LogP contribution in [0.15, 0.2) is 67.1 Å². The first-order chi connectivity index (χ1) is 15.7. The smallest absolute Gasteiger partial charge is 0.312 e. The van der Waals surface area contributed by atoms with Crippen LogP contribution in [0.4, 0.5) is 17.2 Å². The summed E-state index contributed by atoms with van der Waals surface area (Å²) in [6, 6.07) is 15.3. The first-order valence-electron chi connectivity index (χ1n) is 10.7. The van der Waals surface area contributed by atoms with E-state index in [1.165, 1.54) is 0 Å². The number of fused-ring (bicyclic) bond motifs is 1. The molecule has 3 N–H and O–H groups in total. The highest BCUT2D eigenvalue weighted by atomic mass is 16.5. The molecule has 0 spiro atoms. The summed E-state index contributed by atoms with van der Waals surface area (Å²) in [5, 5.41) is 16.2. The largest absolute Gasteiger partial charge is 0.489 e. The molecule has 0 aliphatic carbocycles. The second-order valence-corrected chi connectivity index (χ2v) is 7.57. The van der Waals surface area contributed by atoms with Crippen LogP contribution in [-0.4, -0.2) is 53.8 Å². The van der Waals surface area contributed by atoms with E-state index in [4.69, 9.17) is 4.74 Å². The van der Waals surface area contributed by atoms with Crippen LogP contribution < -0.4 is 20.3 Å². The molecule has 0 radical (unpaired) electrons. The number of carbonyl (C=O) groups is 1. The van der Waals surface area contributed by atoms with Gasteiger partial charge in [0.2, 0.25) is 0 Å². The molecule has 4 rings (SSSR count). The summed E-state index contributed by atoms with van der Waals surface area (Å²) >= 11 is 0. The Morgan fingerprint density at radius 3 is 2.88 bits per heavy atom. The van der Waals surface area contributed by atoms with Crippen molar-refractivity contribution in [3.8, 4) is 5.75 Å². The topological polar surface area (TPSA) is 99.6 Å². The van der Waals surface area contributed by atoms with Gasteiger partial charge in [0.1, 0.15) is 24.1 Å². The zero-order valence-corrected chi connectivity index (χ0v) is 17.8. The quantitative estimate of drug-likeness (QED) is 0.418. The lowest BCUT2D eigenvalue weighted by Gasteiger charge is -2.31. The molecule has 1 aliphatic rings. The predicted molar refractivity (Wildman–Crippen MR) is 125 cm³/mol. The van der Waals surface area contributed by atoms with Crippen LogP contribution in [0.5, 0.6) is 5.75 Å². The molecule has 166 valence electrons. The van der Waals surface area contributed by atoms with Crippen molar-refractivity contribution in [1.82, 2.24) is 9.97 Å². The summed E-state index contributed by atoms with van der Waals surface area (Å²) < 4.78 is 5.88. The van der Waals surface area contributed by atoms with E-state index >= 15 is 0 Å². The average Bonchev–Trinajstić information content (AvgIpc) is 2.83. The third kappa shape index (κ3) is 5.46. The molecule has 0 amide bonds. The van der Waals surface area contributed by atoms with E-state index in [0.717, 1.165) is 49.0 Å². The van der Waals surface area contributed by atoms with Gasteiger partial charge in [-0.15, -0.1) is 0 Å². The van der Waals surface area contributed by atoms with Gasteiger partial charge in [-0.2, -0.15) is 0 Å². The molecule has 1 atom stereocenters. The number of pyridine rings is 2. The van der Waals surface area contributed by atoms with Gasteiger partial charge in [-0.05, 0) is 42.3 Å². The Labute approximate surface area is 187 Å². The zero-order chi connectivity index (χ0) is 22.2. The Kier molecular flexibility index (Phi) is 7.01. The van der Waals surface area contributed by atoms with Crippen molar-refractivity contribution in [1.29, 1.82) is 0 Å². The van der Waals surface area contributed by atoms with Crippen LogP contribution in [0.25, 0.3) is 0 Å². The molecule has 1 unspecified atom stereocenters. The molecule has 0 bridgehead atoms. The number of aromatic nitrogens is 2. The molecule has 3 aromatic rings. The lowest BCUT2D eigenvalue weighted by atomic mass is 10.0. The van der Waals surface area contributed by atoms with E-state index in [9.17, 15) is 9.90 Å². The number of hydrogen-bond acceptors (Lipinski definition) is 7. The molecule has 8 heteroatoms. The van der Waals surface area contributed by atoms with Crippen molar-refractivity contribution >= 4 is 23.2 Å². The van der Waals surface area contributed by atoms with Gasteiger partial charge in [-0.1, -0.05) is 12.1 Å². The minimum Gasteiger partial charge on any atom is -0.489 e. The normalized spacial score (nSPS) is 13.6. The van der Waals surface area contributed by atoms with Crippen LogP contribution in [0.3, 0.4) is 0 Å². The highest BCUT2D eigenvalue weighted by molar-refractivity contribution is 5.77. The van der Waals surface area contributed by atoms with Crippen molar-refractivity contribution in [3.63, 3.8) is 0 Å². The Hall–Kier alpha value is -3.81. The minimum atomic E-state index is -0.884. The molecular formula is C24H27N5O3. The molecule has 0 fully saturated rings. The third-order valence-electron chi connectivity index (χ3n) is 5.39. The van der Waals surface area contributed by atoms with Crippen LogP contribution in [-0.2, 0) is 4.79 Å². The number of rotatable bonds is 10. The van der Waals surface area contributed by atoms with Crippen LogP contribution in [0.1, 0.15) is 17.9 Å². The number of aliphatic carboxylic acids is 1. The highest BCUT2D eigenvalue weighted by Gasteiger charge is 2.21. The summed E-state index contributed by atoms with van der Waals surface area (Å²) in [4.78, 5) is 22.3. The molecule has 2 aromatic heterocycles. The van der Waals surface area contributed by atoms with Gasteiger partial charge in [0.15, 0.2) is 0 Å². The van der Waals surface area contributed by atoms with Crippen molar-refractivity contribution in [3.05, 3.63) is 72.7 Å². The summed E-state index contributed by atoms with van der Waals surface area (Å²) in [5.41, 5.74) is 2.56. The zero-order valence-electron chi connectivity index (χ0n) is 17.8. The fourth-order valence-electron chi connectivity index (χ4n) is 3.72.